The fraction of sp³-hybridized carbons (Fsp3) is 0.462. The predicted molar refractivity (Wildman–Crippen MR) is 77.2 cm³/mol. The zero-order chi connectivity index (χ0) is 12.5. The van der Waals surface area contributed by atoms with Crippen LogP contribution in [0.25, 0.3) is 0 Å². The quantitative estimate of drug-likeness (QED) is 0.777. The number of rotatable bonds is 7. The van der Waals surface area contributed by atoms with E-state index < -0.39 is 0 Å². The molecule has 1 aromatic rings. The fourth-order valence-corrected chi connectivity index (χ4v) is 2.96. The van der Waals surface area contributed by atoms with Crippen molar-refractivity contribution in [3.05, 3.63) is 28.7 Å². The molecule has 17 heavy (non-hydrogen) atoms. The van der Waals surface area contributed by atoms with E-state index in [4.69, 9.17) is 5.26 Å². The zero-order valence-electron chi connectivity index (χ0n) is 9.95. The molecule has 1 aromatic carbocycles. The van der Waals surface area contributed by atoms with E-state index in [2.05, 4.69) is 40.3 Å². The molecule has 2 nitrogen and oxygen atoms in total. The second kappa shape index (κ2) is 8.57. The highest BCUT2D eigenvalue weighted by Gasteiger charge is 2.06. The van der Waals surface area contributed by atoms with Crippen LogP contribution in [0.5, 0.6) is 0 Å². The molecule has 0 aromatic heterocycles. The van der Waals surface area contributed by atoms with Gasteiger partial charge in [-0.15, -0.1) is 11.8 Å². The van der Waals surface area contributed by atoms with Crippen molar-refractivity contribution in [1.82, 2.24) is 5.32 Å². The predicted octanol–water partition coefficient (Wildman–Crippen LogP) is 3.82. The first kappa shape index (κ1) is 14.6. The number of nitrogens with zero attached hydrogens (tertiary/aromatic N) is 1. The first-order valence-electron chi connectivity index (χ1n) is 5.78. The summed E-state index contributed by atoms with van der Waals surface area (Å²) in [7, 11) is 0. The van der Waals surface area contributed by atoms with Crippen LogP contribution in [0.3, 0.4) is 0 Å². The molecule has 0 heterocycles. The minimum absolute atomic E-state index is 0.0232. The summed E-state index contributed by atoms with van der Waals surface area (Å²) in [6.45, 7) is 3.02. The SMILES string of the molecule is CCCNC(C#N)CCSc1ccccc1Br. The van der Waals surface area contributed by atoms with Crippen molar-refractivity contribution in [2.24, 2.45) is 0 Å². The summed E-state index contributed by atoms with van der Waals surface area (Å²) in [6.07, 6.45) is 1.94. The van der Waals surface area contributed by atoms with Crippen LogP contribution in [-0.2, 0) is 0 Å². The number of thioether (sulfide) groups is 1. The van der Waals surface area contributed by atoms with Crippen LogP contribution in [-0.4, -0.2) is 18.3 Å². The molecule has 4 heteroatoms. The van der Waals surface area contributed by atoms with Crippen molar-refractivity contribution in [3.63, 3.8) is 0 Å². The number of hydrogen-bond donors (Lipinski definition) is 1. The van der Waals surface area contributed by atoms with Gasteiger partial charge >= 0.3 is 0 Å². The van der Waals surface area contributed by atoms with E-state index in [0.717, 1.165) is 29.6 Å². The molecule has 1 rings (SSSR count). The summed E-state index contributed by atoms with van der Waals surface area (Å²) in [4.78, 5) is 1.24. The molecular formula is C13H17BrN2S. The average Bonchev–Trinajstić information content (AvgIpc) is 2.35. The lowest BCUT2D eigenvalue weighted by Gasteiger charge is -2.10. The van der Waals surface area contributed by atoms with Gasteiger partial charge in [-0.1, -0.05) is 19.1 Å². The molecule has 0 bridgehead atoms. The lowest BCUT2D eigenvalue weighted by Crippen LogP contribution is -2.28. The van der Waals surface area contributed by atoms with E-state index in [1.807, 2.05) is 18.2 Å². The lowest BCUT2D eigenvalue weighted by atomic mass is 10.2. The summed E-state index contributed by atoms with van der Waals surface area (Å²) < 4.78 is 1.13. The summed E-state index contributed by atoms with van der Waals surface area (Å²) in [5, 5.41) is 12.2. The smallest absolute Gasteiger partial charge is 0.0961 e. The molecule has 0 amide bonds. The molecule has 1 atom stereocenters. The summed E-state index contributed by atoms with van der Waals surface area (Å²) in [5.74, 6) is 0.956. The van der Waals surface area contributed by atoms with Crippen molar-refractivity contribution in [3.8, 4) is 6.07 Å². The van der Waals surface area contributed by atoms with Crippen LogP contribution in [0.4, 0.5) is 0 Å². The Balaban J connectivity index is 2.32. The molecule has 0 aliphatic rings. The third-order valence-corrected chi connectivity index (χ3v) is 4.36. The number of nitriles is 1. The van der Waals surface area contributed by atoms with Gasteiger partial charge in [0.15, 0.2) is 0 Å². The topological polar surface area (TPSA) is 35.8 Å². The first-order valence-corrected chi connectivity index (χ1v) is 7.56. The minimum Gasteiger partial charge on any atom is -0.302 e. The Hall–Kier alpha value is -0.500. The van der Waals surface area contributed by atoms with Crippen LogP contribution in [0.1, 0.15) is 19.8 Å². The molecule has 0 saturated carbocycles. The van der Waals surface area contributed by atoms with Gasteiger partial charge in [-0.25, -0.2) is 0 Å². The molecule has 1 N–H and O–H groups in total. The van der Waals surface area contributed by atoms with Gasteiger partial charge < -0.3 is 5.32 Å². The Kier molecular flexibility index (Phi) is 7.34. The van der Waals surface area contributed by atoms with Gasteiger partial charge in [0.05, 0.1) is 12.1 Å². The van der Waals surface area contributed by atoms with Gasteiger partial charge in [0.25, 0.3) is 0 Å². The van der Waals surface area contributed by atoms with E-state index >= 15 is 0 Å². The van der Waals surface area contributed by atoms with Gasteiger partial charge in [0.2, 0.25) is 0 Å². The molecular weight excluding hydrogens is 296 g/mol. The largest absolute Gasteiger partial charge is 0.302 e. The Morgan fingerprint density at radius 3 is 2.88 bits per heavy atom. The zero-order valence-corrected chi connectivity index (χ0v) is 12.4. The second-order valence-corrected chi connectivity index (χ2v) is 5.69. The Labute approximate surface area is 116 Å². The number of hydrogen-bond acceptors (Lipinski definition) is 3. The van der Waals surface area contributed by atoms with Gasteiger partial charge in [0, 0.05) is 15.1 Å². The van der Waals surface area contributed by atoms with Gasteiger partial charge in [-0.05, 0) is 47.4 Å². The molecule has 0 aliphatic heterocycles. The van der Waals surface area contributed by atoms with Gasteiger partial charge in [0.1, 0.15) is 0 Å². The van der Waals surface area contributed by atoms with E-state index in [9.17, 15) is 0 Å². The molecule has 0 aliphatic carbocycles. The van der Waals surface area contributed by atoms with Crippen LogP contribution in [0.15, 0.2) is 33.6 Å². The Morgan fingerprint density at radius 1 is 1.47 bits per heavy atom. The molecule has 92 valence electrons. The number of nitrogens with one attached hydrogen (secondary N) is 1. The van der Waals surface area contributed by atoms with Crippen LogP contribution in [0.2, 0.25) is 0 Å². The van der Waals surface area contributed by atoms with Gasteiger partial charge in [-0.2, -0.15) is 5.26 Å². The van der Waals surface area contributed by atoms with Crippen molar-refractivity contribution >= 4 is 27.7 Å². The second-order valence-electron chi connectivity index (χ2n) is 3.70. The number of halogens is 1. The standard InChI is InChI=1S/C13H17BrN2S/c1-2-8-16-11(10-15)7-9-17-13-6-4-3-5-12(13)14/h3-6,11,16H,2,7-9H2,1H3. The Morgan fingerprint density at radius 2 is 2.24 bits per heavy atom. The Bertz CT molecular complexity index is 376. The minimum atomic E-state index is -0.0232. The highest BCUT2D eigenvalue weighted by Crippen LogP contribution is 2.27. The van der Waals surface area contributed by atoms with Crippen molar-refractivity contribution < 1.29 is 0 Å². The van der Waals surface area contributed by atoms with E-state index in [-0.39, 0.29) is 6.04 Å². The van der Waals surface area contributed by atoms with Crippen LogP contribution >= 0.6 is 27.7 Å². The van der Waals surface area contributed by atoms with Crippen LogP contribution < -0.4 is 5.32 Å². The third-order valence-electron chi connectivity index (χ3n) is 2.30. The van der Waals surface area contributed by atoms with Crippen molar-refractivity contribution in [2.45, 2.75) is 30.7 Å². The summed E-state index contributed by atoms with van der Waals surface area (Å²) >= 11 is 5.31. The highest BCUT2D eigenvalue weighted by molar-refractivity contribution is 9.10. The van der Waals surface area contributed by atoms with Crippen molar-refractivity contribution in [1.29, 1.82) is 5.26 Å². The van der Waals surface area contributed by atoms with Crippen molar-refractivity contribution in [2.75, 3.05) is 12.3 Å². The first-order chi connectivity index (χ1) is 8.27. The van der Waals surface area contributed by atoms with Crippen LogP contribution in [0, 0.1) is 11.3 Å². The highest BCUT2D eigenvalue weighted by atomic mass is 79.9. The molecule has 1 unspecified atom stereocenters. The summed E-state index contributed by atoms with van der Waals surface area (Å²) in [5.41, 5.74) is 0. The van der Waals surface area contributed by atoms with E-state index in [0.29, 0.717) is 0 Å². The maximum atomic E-state index is 8.97. The fourth-order valence-electron chi connectivity index (χ4n) is 1.38. The number of benzene rings is 1. The molecule has 0 fully saturated rings. The summed E-state index contributed by atoms with van der Waals surface area (Å²) in [6, 6.07) is 10.5. The average molecular weight is 313 g/mol. The monoisotopic (exact) mass is 312 g/mol. The van der Waals surface area contributed by atoms with E-state index in [1.165, 1.54) is 4.90 Å². The van der Waals surface area contributed by atoms with Gasteiger partial charge in [-0.3, -0.25) is 0 Å². The normalized spacial score (nSPS) is 12.1. The lowest BCUT2D eigenvalue weighted by molar-refractivity contribution is 0.585. The molecule has 0 spiro atoms. The molecule has 0 saturated heterocycles. The third kappa shape index (κ3) is 5.58. The maximum absolute atomic E-state index is 8.97. The maximum Gasteiger partial charge on any atom is 0.0961 e. The molecule has 0 radical (unpaired) electrons. The van der Waals surface area contributed by atoms with E-state index in [1.54, 1.807) is 11.8 Å².